The van der Waals surface area contributed by atoms with Crippen molar-refractivity contribution in [2.24, 2.45) is 7.05 Å². The van der Waals surface area contributed by atoms with E-state index in [1.54, 1.807) is 18.7 Å². The van der Waals surface area contributed by atoms with Crippen LogP contribution in [0.25, 0.3) is 11.1 Å². The minimum atomic E-state index is -0.920. The van der Waals surface area contributed by atoms with Gasteiger partial charge in [0, 0.05) is 18.8 Å². The molecule has 0 radical (unpaired) electrons. The summed E-state index contributed by atoms with van der Waals surface area (Å²) in [6.45, 7) is 1.91. The molecule has 1 heterocycles. The molecule has 0 amide bonds. The van der Waals surface area contributed by atoms with Crippen LogP contribution in [-0.4, -0.2) is 22.8 Å². The summed E-state index contributed by atoms with van der Waals surface area (Å²) in [5.74, 6) is -0.166. The molecule has 0 aliphatic carbocycles. The van der Waals surface area contributed by atoms with Crippen LogP contribution in [0.1, 0.15) is 16.1 Å². The molecule has 0 bridgehead atoms. The van der Waals surface area contributed by atoms with E-state index in [-0.39, 0.29) is 0 Å². The van der Waals surface area contributed by atoms with Crippen LogP contribution in [0, 0.1) is 6.92 Å². The molecule has 1 aromatic carbocycles. The van der Waals surface area contributed by atoms with Gasteiger partial charge in [-0.2, -0.15) is 0 Å². The first-order valence-electron chi connectivity index (χ1n) is 5.58. The monoisotopic (exact) mass is 245 g/mol. The summed E-state index contributed by atoms with van der Waals surface area (Å²) in [6, 6.07) is 7.39. The Morgan fingerprint density at radius 1 is 1.28 bits per heavy atom. The smallest absolute Gasteiger partial charge is 0.353 e. The molecule has 0 atom stereocenters. The number of hydrogen-bond acceptors (Lipinski definition) is 2. The fraction of sp³-hybridized carbons (Fsp3) is 0.214. The Balaban J connectivity index is 2.59. The van der Waals surface area contributed by atoms with Crippen LogP contribution >= 0.6 is 0 Å². The number of hydrogen-bond donors (Lipinski definition) is 1. The standard InChI is InChI=1S/C14H15NO3/c1-9-8-15(2)13(14(16)17)12(9)10-4-6-11(18-3)7-5-10/h4-8H,1-3H3,(H,16,17). The SMILES string of the molecule is COc1ccc(-c2c(C)cn(C)c2C(=O)O)cc1. The quantitative estimate of drug-likeness (QED) is 0.904. The molecule has 4 nitrogen and oxygen atoms in total. The third-order valence-electron chi connectivity index (χ3n) is 2.95. The van der Waals surface area contributed by atoms with Crippen LogP contribution in [0.5, 0.6) is 5.75 Å². The highest BCUT2D eigenvalue weighted by atomic mass is 16.5. The largest absolute Gasteiger partial charge is 0.497 e. The van der Waals surface area contributed by atoms with Crippen molar-refractivity contribution in [3.63, 3.8) is 0 Å². The molecular formula is C14H15NO3. The second-order valence-electron chi connectivity index (χ2n) is 4.18. The summed E-state index contributed by atoms with van der Waals surface area (Å²) in [6.07, 6.45) is 1.82. The van der Waals surface area contributed by atoms with Crippen LogP contribution in [0.15, 0.2) is 30.5 Å². The number of carboxylic acid groups (broad SMARTS) is 1. The van der Waals surface area contributed by atoms with Gasteiger partial charge < -0.3 is 14.4 Å². The maximum atomic E-state index is 11.3. The molecule has 0 saturated carbocycles. The summed E-state index contributed by atoms with van der Waals surface area (Å²) in [4.78, 5) is 11.3. The molecule has 0 unspecified atom stereocenters. The van der Waals surface area contributed by atoms with Gasteiger partial charge in [0.1, 0.15) is 11.4 Å². The van der Waals surface area contributed by atoms with Crippen molar-refractivity contribution in [2.75, 3.05) is 7.11 Å². The van der Waals surface area contributed by atoms with Gasteiger partial charge in [0.05, 0.1) is 7.11 Å². The lowest BCUT2D eigenvalue weighted by atomic mass is 10.0. The van der Waals surface area contributed by atoms with Gasteiger partial charge in [-0.3, -0.25) is 0 Å². The number of methoxy groups -OCH3 is 1. The van der Waals surface area contributed by atoms with E-state index in [2.05, 4.69) is 0 Å². The van der Waals surface area contributed by atoms with Crippen molar-refractivity contribution in [2.45, 2.75) is 6.92 Å². The number of aryl methyl sites for hydroxylation is 2. The molecule has 18 heavy (non-hydrogen) atoms. The van der Waals surface area contributed by atoms with E-state index >= 15 is 0 Å². The fourth-order valence-corrected chi connectivity index (χ4v) is 2.16. The van der Waals surface area contributed by atoms with Gasteiger partial charge in [-0.25, -0.2) is 4.79 Å². The van der Waals surface area contributed by atoms with Crippen molar-refractivity contribution in [1.82, 2.24) is 4.57 Å². The van der Waals surface area contributed by atoms with Crippen molar-refractivity contribution < 1.29 is 14.6 Å². The Morgan fingerprint density at radius 2 is 1.89 bits per heavy atom. The number of nitrogens with zero attached hydrogens (tertiary/aromatic N) is 1. The predicted molar refractivity (Wildman–Crippen MR) is 69.1 cm³/mol. The van der Waals surface area contributed by atoms with Crippen molar-refractivity contribution in [3.8, 4) is 16.9 Å². The number of ether oxygens (including phenoxy) is 1. The Hall–Kier alpha value is -2.23. The molecule has 0 spiro atoms. The average Bonchev–Trinajstić information content (AvgIpc) is 2.64. The molecule has 0 saturated heterocycles. The number of carbonyl (C=O) groups is 1. The van der Waals surface area contributed by atoms with E-state index < -0.39 is 5.97 Å². The number of benzene rings is 1. The summed E-state index contributed by atoms with van der Waals surface area (Å²) in [5.41, 5.74) is 2.89. The number of aromatic carboxylic acids is 1. The third kappa shape index (κ3) is 1.97. The first-order chi connectivity index (χ1) is 8.54. The van der Waals surface area contributed by atoms with E-state index in [4.69, 9.17) is 4.74 Å². The van der Waals surface area contributed by atoms with Crippen LogP contribution in [0.3, 0.4) is 0 Å². The highest BCUT2D eigenvalue weighted by molar-refractivity contribution is 5.95. The Bertz CT molecular complexity index is 582. The molecule has 4 heteroatoms. The molecule has 94 valence electrons. The van der Waals surface area contributed by atoms with Crippen LogP contribution in [-0.2, 0) is 7.05 Å². The topological polar surface area (TPSA) is 51.5 Å². The second kappa shape index (κ2) is 4.56. The molecule has 2 rings (SSSR count). The molecule has 0 aliphatic rings. The lowest BCUT2D eigenvalue weighted by Crippen LogP contribution is -2.05. The Kier molecular flexibility index (Phi) is 3.10. The number of carboxylic acids is 1. The molecule has 2 aromatic rings. The molecular weight excluding hydrogens is 230 g/mol. The van der Waals surface area contributed by atoms with Crippen molar-refractivity contribution in [1.29, 1.82) is 0 Å². The summed E-state index contributed by atoms with van der Waals surface area (Å²) >= 11 is 0. The van der Waals surface area contributed by atoms with Gasteiger partial charge >= 0.3 is 5.97 Å². The first-order valence-corrected chi connectivity index (χ1v) is 5.58. The van der Waals surface area contributed by atoms with Crippen LogP contribution in [0.2, 0.25) is 0 Å². The summed E-state index contributed by atoms with van der Waals surface area (Å²) in [7, 11) is 3.34. The third-order valence-corrected chi connectivity index (χ3v) is 2.95. The second-order valence-corrected chi connectivity index (χ2v) is 4.18. The zero-order valence-corrected chi connectivity index (χ0v) is 10.6. The minimum absolute atomic E-state index is 0.303. The van der Waals surface area contributed by atoms with Gasteiger partial charge in [-0.15, -0.1) is 0 Å². The first kappa shape index (κ1) is 12.2. The van der Waals surface area contributed by atoms with Crippen molar-refractivity contribution in [3.05, 3.63) is 41.7 Å². The number of rotatable bonds is 3. The van der Waals surface area contributed by atoms with E-state index in [0.29, 0.717) is 5.69 Å². The molecule has 1 N–H and O–H groups in total. The lowest BCUT2D eigenvalue weighted by Gasteiger charge is -2.06. The van der Waals surface area contributed by atoms with Gasteiger partial charge in [0.2, 0.25) is 0 Å². The van der Waals surface area contributed by atoms with Crippen LogP contribution < -0.4 is 4.74 Å². The zero-order valence-electron chi connectivity index (χ0n) is 10.6. The fourth-order valence-electron chi connectivity index (χ4n) is 2.16. The minimum Gasteiger partial charge on any atom is -0.497 e. The Labute approximate surface area is 105 Å². The van der Waals surface area contributed by atoms with Gasteiger partial charge in [0.25, 0.3) is 0 Å². The highest BCUT2D eigenvalue weighted by Gasteiger charge is 2.18. The maximum Gasteiger partial charge on any atom is 0.353 e. The van der Waals surface area contributed by atoms with Gasteiger partial charge in [-0.05, 0) is 30.2 Å². The van der Waals surface area contributed by atoms with Crippen molar-refractivity contribution >= 4 is 5.97 Å². The van der Waals surface area contributed by atoms with Gasteiger partial charge in [-0.1, -0.05) is 12.1 Å². The summed E-state index contributed by atoms with van der Waals surface area (Å²) < 4.78 is 6.73. The highest BCUT2D eigenvalue weighted by Crippen LogP contribution is 2.30. The van der Waals surface area contributed by atoms with E-state index in [0.717, 1.165) is 22.4 Å². The normalized spacial score (nSPS) is 10.4. The summed E-state index contributed by atoms with van der Waals surface area (Å²) in [5, 5.41) is 9.28. The van der Waals surface area contributed by atoms with Crippen LogP contribution in [0.4, 0.5) is 0 Å². The Morgan fingerprint density at radius 3 is 2.39 bits per heavy atom. The number of aromatic nitrogens is 1. The molecule has 1 aromatic heterocycles. The molecule has 0 aliphatic heterocycles. The van der Waals surface area contributed by atoms with E-state index in [1.165, 1.54) is 0 Å². The zero-order chi connectivity index (χ0) is 13.3. The molecule has 0 fully saturated rings. The lowest BCUT2D eigenvalue weighted by molar-refractivity contribution is 0.0687. The average molecular weight is 245 g/mol. The van der Waals surface area contributed by atoms with E-state index in [1.807, 2.05) is 37.4 Å². The van der Waals surface area contributed by atoms with E-state index in [9.17, 15) is 9.90 Å². The van der Waals surface area contributed by atoms with Gasteiger partial charge in [0.15, 0.2) is 0 Å². The predicted octanol–water partition coefficient (Wildman–Crippen LogP) is 2.71. The maximum absolute atomic E-state index is 11.3.